The van der Waals surface area contributed by atoms with Gasteiger partial charge in [0, 0.05) is 9.90 Å². The molecule has 0 aliphatic carbocycles. The number of benzene rings is 1. The zero-order chi connectivity index (χ0) is 16.1. The molecule has 0 unspecified atom stereocenters. The lowest BCUT2D eigenvalue weighted by Gasteiger charge is -2.13. The van der Waals surface area contributed by atoms with Gasteiger partial charge in [-0.05, 0) is 36.6 Å². The van der Waals surface area contributed by atoms with Crippen molar-refractivity contribution in [1.82, 2.24) is 5.32 Å². The van der Waals surface area contributed by atoms with E-state index in [1.54, 1.807) is 0 Å². The summed E-state index contributed by atoms with van der Waals surface area (Å²) >= 11 is 13.2. The molecule has 0 aliphatic heterocycles. The van der Waals surface area contributed by atoms with E-state index in [1.807, 2.05) is 17.5 Å². The number of carbonyl (C=O) groups excluding carboxylic acids is 2. The van der Waals surface area contributed by atoms with Crippen LogP contribution in [-0.4, -0.2) is 18.0 Å². The van der Waals surface area contributed by atoms with E-state index in [0.717, 1.165) is 4.88 Å². The minimum absolute atomic E-state index is 0.170. The molecule has 1 N–H and O–H groups in total. The van der Waals surface area contributed by atoms with Crippen LogP contribution < -0.4 is 5.32 Å². The van der Waals surface area contributed by atoms with Crippen LogP contribution in [0.15, 0.2) is 35.7 Å². The maximum atomic E-state index is 12.0. The third-order valence-corrected chi connectivity index (χ3v) is 4.25. The minimum atomic E-state index is -0.917. The molecule has 2 rings (SSSR count). The third kappa shape index (κ3) is 4.47. The van der Waals surface area contributed by atoms with E-state index in [4.69, 9.17) is 27.9 Å². The second kappa shape index (κ2) is 7.63. The van der Waals surface area contributed by atoms with E-state index in [-0.39, 0.29) is 16.5 Å². The van der Waals surface area contributed by atoms with Crippen LogP contribution in [0.4, 0.5) is 0 Å². The summed E-state index contributed by atoms with van der Waals surface area (Å²) in [7, 11) is 0. The molecular formula is C15H13Cl2NO3S. The maximum absolute atomic E-state index is 12.0. The molecule has 116 valence electrons. The van der Waals surface area contributed by atoms with Gasteiger partial charge in [0.25, 0.3) is 5.91 Å². The fourth-order valence-electron chi connectivity index (χ4n) is 1.66. The van der Waals surface area contributed by atoms with Crippen molar-refractivity contribution in [3.63, 3.8) is 0 Å². The zero-order valence-electron chi connectivity index (χ0n) is 11.6. The summed E-state index contributed by atoms with van der Waals surface area (Å²) in [5.74, 6) is -1.03. The lowest BCUT2D eigenvalue weighted by molar-refractivity contribution is -0.129. The first-order chi connectivity index (χ1) is 10.5. The highest BCUT2D eigenvalue weighted by Crippen LogP contribution is 2.22. The van der Waals surface area contributed by atoms with Gasteiger partial charge in [0.2, 0.25) is 0 Å². The van der Waals surface area contributed by atoms with E-state index in [1.165, 1.54) is 36.5 Å². The standard InChI is InChI=1S/C15H13Cl2NO3S/c1-9(14(19)18-8-11-3-2-6-22-11)21-15(20)12-5-4-10(16)7-13(12)17/h2-7,9H,8H2,1H3,(H,18,19)/t9-/m1/s1. The van der Waals surface area contributed by atoms with E-state index >= 15 is 0 Å². The molecule has 4 nitrogen and oxygen atoms in total. The molecule has 0 bridgehead atoms. The van der Waals surface area contributed by atoms with Crippen LogP contribution in [0, 0.1) is 0 Å². The minimum Gasteiger partial charge on any atom is -0.449 e. The average Bonchev–Trinajstić information content (AvgIpc) is 2.97. The molecular weight excluding hydrogens is 345 g/mol. The van der Waals surface area contributed by atoms with Crippen molar-refractivity contribution in [2.24, 2.45) is 0 Å². The first kappa shape index (κ1) is 16.8. The summed E-state index contributed by atoms with van der Waals surface area (Å²) in [6.45, 7) is 1.91. The van der Waals surface area contributed by atoms with E-state index in [9.17, 15) is 9.59 Å². The number of esters is 1. The number of thiophene rings is 1. The van der Waals surface area contributed by atoms with E-state index < -0.39 is 12.1 Å². The molecule has 0 saturated heterocycles. The van der Waals surface area contributed by atoms with Crippen molar-refractivity contribution in [3.8, 4) is 0 Å². The number of rotatable bonds is 5. The largest absolute Gasteiger partial charge is 0.449 e. The third-order valence-electron chi connectivity index (χ3n) is 2.82. The Labute approximate surface area is 142 Å². The van der Waals surface area contributed by atoms with Crippen molar-refractivity contribution in [1.29, 1.82) is 0 Å². The van der Waals surface area contributed by atoms with Gasteiger partial charge in [-0.3, -0.25) is 4.79 Å². The molecule has 7 heteroatoms. The number of hydrogen-bond acceptors (Lipinski definition) is 4. The monoisotopic (exact) mass is 357 g/mol. The van der Waals surface area contributed by atoms with Gasteiger partial charge in [0.1, 0.15) is 0 Å². The Kier molecular flexibility index (Phi) is 5.83. The van der Waals surface area contributed by atoms with Crippen LogP contribution >= 0.6 is 34.5 Å². The van der Waals surface area contributed by atoms with Crippen molar-refractivity contribution in [2.45, 2.75) is 19.6 Å². The molecule has 1 aromatic heterocycles. The molecule has 0 aliphatic rings. The van der Waals surface area contributed by atoms with Gasteiger partial charge in [-0.15, -0.1) is 11.3 Å². The Balaban J connectivity index is 1.91. The Morgan fingerprint density at radius 1 is 1.32 bits per heavy atom. The van der Waals surface area contributed by atoms with Crippen LogP contribution in [-0.2, 0) is 16.1 Å². The maximum Gasteiger partial charge on any atom is 0.340 e. The first-order valence-electron chi connectivity index (χ1n) is 6.43. The Bertz CT molecular complexity index is 673. The van der Waals surface area contributed by atoms with E-state index in [2.05, 4.69) is 5.32 Å². The molecule has 1 heterocycles. The second-order valence-corrected chi connectivity index (χ2v) is 6.34. The van der Waals surface area contributed by atoms with Gasteiger partial charge >= 0.3 is 5.97 Å². The lowest BCUT2D eigenvalue weighted by atomic mass is 10.2. The lowest BCUT2D eigenvalue weighted by Crippen LogP contribution is -2.35. The number of amides is 1. The van der Waals surface area contributed by atoms with Gasteiger partial charge in [0.05, 0.1) is 17.1 Å². The van der Waals surface area contributed by atoms with Crippen LogP contribution in [0.2, 0.25) is 10.0 Å². The quantitative estimate of drug-likeness (QED) is 0.825. The summed E-state index contributed by atoms with van der Waals surface area (Å²) in [5, 5.41) is 5.23. The summed E-state index contributed by atoms with van der Waals surface area (Å²) in [6.07, 6.45) is -0.917. The fourth-order valence-corrected chi connectivity index (χ4v) is 2.79. The number of halogens is 2. The highest BCUT2D eigenvalue weighted by Gasteiger charge is 2.20. The summed E-state index contributed by atoms with van der Waals surface area (Å²) in [4.78, 5) is 24.9. The van der Waals surface area contributed by atoms with Crippen molar-refractivity contribution in [3.05, 3.63) is 56.2 Å². The number of hydrogen-bond donors (Lipinski definition) is 1. The molecule has 0 saturated carbocycles. The molecule has 0 fully saturated rings. The van der Waals surface area contributed by atoms with Crippen molar-refractivity contribution in [2.75, 3.05) is 0 Å². The predicted molar refractivity (Wildman–Crippen MR) is 87.5 cm³/mol. The molecule has 0 radical (unpaired) electrons. The second-order valence-electron chi connectivity index (χ2n) is 4.47. The molecule has 1 atom stereocenters. The summed E-state index contributed by atoms with van der Waals surface area (Å²) in [5.41, 5.74) is 0.170. The highest BCUT2D eigenvalue weighted by molar-refractivity contribution is 7.09. The molecule has 22 heavy (non-hydrogen) atoms. The molecule has 0 spiro atoms. The van der Waals surface area contributed by atoms with Gasteiger partial charge in [0.15, 0.2) is 6.10 Å². The van der Waals surface area contributed by atoms with Crippen molar-refractivity contribution >= 4 is 46.4 Å². The normalized spacial score (nSPS) is 11.8. The zero-order valence-corrected chi connectivity index (χ0v) is 14.0. The van der Waals surface area contributed by atoms with Gasteiger partial charge in [-0.2, -0.15) is 0 Å². The van der Waals surface area contributed by atoms with Gasteiger partial charge < -0.3 is 10.1 Å². The SMILES string of the molecule is C[C@@H](OC(=O)c1ccc(Cl)cc1Cl)C(=O)NCc1cccs1. The Morgan fingerprint density at radius 3 is 2.73 bits per heavy atom. The molecule has 1 amide bonds. The van der Waals surface area contributed by atoms with Crippen LogP contribution in [0.3, 0.4) is 0 Å². The Morgan fingerprint density at radius 2 is 2.09 bits per heavy atom. The predicted octanol–water partition coefficient (Wildman–Crippen LogP) is 3.92. The van der Waals surface area contributed by atoms with Crippen molar-refractivity contribution < 1.29 is 14.3 Å². The van der Waals surface area contributed by atoms with Crippen LogP contribution in [0.25, 0.3) is 0 Å². The number of nitrogens with one attached hydrogen (secondary N) is 1. The smallest absolute Gasteiger partial charge is 0.340 e. The topological polar surface area (TPSA) is 55.4 Å². The fraction of sp³-hybridized carbons (Fsp3) is 0.200. The van der Waals surface area contributed by atoms with Crippen LogP contribution in [0.5, 0.6) is 0 Å². The summed E-state index contributed by atoms with van der Waals surface area (Å²) < 4.78 is 5.11. The van der Waals surface area contributed by atoms with Gasteiger partial charge in [-0.25, -0.2) is 4.79 Å². The van der Waals surface area contributed by atoms with Crippen LogP contribution in [0.1, 0.15) is 22.2 Å². The number of ether oxygens (including phenoxy) is 1. The average molecular weight is 358 g/mol. The summed E-state index contributed by atoms with van der Waals surface area (Å²) in [6, 6.07) is 8.25. The molecule has 2 aromatic rings. The number of carbonyl (C=O) groups is 2. The van der Waals surface area contributed by atoms with E-state index in [0.29, 0.717) is 11.6 Å². The first-order valence-corrected chi connectivity index (χ1v) is 8.07. The molecule has 1 aromatic carbocycles. The highest BCUT2D eigenvalue weighted by atomic mass is 35.5. The Hall–Kier alpha value is -1.56. The van der Waals surface area contributed by atoms with Gasteiger partial charge in [-0.1, -0.05) is 29.3 Å².